The summed E-state index contributed by atoms with van der Waals surface area (Å²) in [6, 6.07) is 2.02. The highest BCUT2D eigenvalue weighted by atomic mass is 16.6. The van der Waals surface area contributed by atoms with Gasteiger partial charge in [0.1, 0.15) is 5.60 Å². The summed E-state index contributed by atoms with van der Waals surface area (Å²) in [5.41, 5.74) is 0.176. The molecule has 1 rings (SSSR count). The zero-order valence-electron chi connectivity index (χ0n) is 45.8. The monoisotopic (exact) mass is 941 g/mol. The summed E-state index contributed by atoms with van der Waals surface area (Å²) in [6.07, 6.45) is 54.2. The molecule has 0 saturated heterocycles. The minimum Gasteiger partial charge on any atom is -0.490 e. The number of unbranched alkanes of at least 4 members (excludes halogenated alkanes) is 36. The fraction of sp³-hybridized carbons (Fsp3) is 0.852. The zero-order chi connectivity index (χ0) is 48.7. The van der Waals surface area contributed by atoms with Crippen LogP contribution in [0.4, 0.5) is 0 Å². The Morgan fingerprint density at radius 2 is 0.642 bits per heavy atom. The van der Waals surface area contributed by atoms with Gasteiger partial charge >= 0.3 is 5.97 Å². The second-order valence-corrected chi connectivity index (χ2v) is 20.9. The Kier molecular flexibility index (Phi) is 43.0. The van der Waals surface area contributed by atoms with Gasteiger partial charge in [0.2, 0.25) is 11.5 Å². The van der Waals surface area contributed by atoms with Gasteiger partial charge < -0.3 is 23.7 Å². The van der Waals surface area contributed by atoms with Crippen LogP contribution in [0.15, 0.2) is 12.1 Å². The first-order chi connectivity index (χ1) is 32.8. The molecule has 6 heteroatoms. The van der Waals surface area contributed by atoms with Gasteiger partial charge in [-0.25, -0.2) is 4.79 Å². The van der Waals surface area contributed by atoms with Crippen molar-refractivity contribution in [3.63, 3.8) is 0 Å². The van der Waals surface area contributed by atoms with Crippen molar-refractivity contribution in [1.29, 1.82) is 0 Å². The highest BCUT2D eigenvalue weighted by molar-refractivity contribution is 5.88. The average Bonchev–Trinajstić information content (AvgIpc) is 3.30. The fourth-order valence-electron chi connectivity index (χ4n) is 8.82. The molecule has 0 fully saturated rings. The minimum absolute atomic E-state index is 0.380. The van der Waals surface area contributed by atoms with Crippen LogP contribution in [0.1, 0.15) is 311 Å². The third-order valence-corrected chi connectivity index (χ3v) is 13.0. The second kappa shape index (κ2) is 46.0. The number of hydrogen-bond donors (Lipinski definition) is 0. The van der Waals surface area contributed by atoms with E-state index in [0.29, 0.717) is 49.4 Å². The van der Waals surface area contributed by atoms with Gasteiger partial charge in [-0.3, -0.25) is 0 Å². The highest BCUT2D eigenvalue weighted by Gasteiger charge is 2.24. The first-order valence-corrected chi connectivity index (χ1v) is 29.4. The van der Waals surface area contributed by atoms with E-state index >= 15 is 0 Å². The van der Waals surface area contributed by atoms with Crippen molar-refractivity contribution in [1.82, 2.24) is 0 Å². The van der Waals surface area contributed by atoms with Crippen LogP contribution in [0, 0.1) is 0 Å². The van der Waals surface area contributed by atoms with Gasteiger partial charge in [-0.1, -0.05) is 259 Å². The molecule has 0 aliphatic heterocycles. The standard InChI is InChI=1S/C61H112O6/c1-8-12-16-20-24-28-32-36-40-44-50-63-56-54-55(48-49-57(62)67-61(5,6)7)58(64-51-45-41-37-33-29-25-21-17-13-9-2)60(66-53-47-43-39-35-31-27-23-19-15-11-4)59(56)65-52-46-42-38-34-30-26-22-18-14-10-3/h48-49,54H,8-47,50-53H2,1-7H3. The van der Waals surface area contributed by atoms with E-state index in [-0.39, 0.29) is 5.97 Å². The molecule has 0 aromatic heterocycles. The van der Waals surface area contributed by atoms with Crippen LogP contribution in [-0.2, 0) is 9.53 Å². The second-order valence-electron chi connectivity index (χ2n) is 20.9. The normalized spacial score (nSPS) is 11.7. The van der Waals surface area contributed by atoms with Crippen LogP contribution in [0.2, 0.25) is 0 Å². The number of benzene rings is 1. The van der Waals surface area contributed by atoms with E-state index in [1.54, 1.807) is 0 Å². The number of rotatable bonds is 50. The lowest BCUT2D eigenvalue weighted by atomic mass is 10.1. The summed E-state index contributed by atoms with van der Waals surface area (Å²) in [4.78, 5) is 13.1. The molecule has 0 aliphatic carbocycles. The predicted octanol–water partition coefficient (Wildman–Crippen LogP) is 20.2. The molecule has 0 atom stereocenters. The van der Waals surface area contributed by atoms with Crippen LogP contribution < -0.4 is 18.9 Å². The first kappa shape index (κ1) is 62.6. The molecule has 0 unspecified atom stereocenters. The lowest BCUT2D eigenvalue weighted by molar-refractivity contribution is -0.148. The molecule has 1 aromatic carbocycles. The Bertz CT molecular complexity index is 1270. The molecular formula is C61H112O6. The van der Waals surface area contributed by atoms with Gasteiger partial charge in [0.25, 0.3) is 0 Å². The number of carbonyl (C=O) groups is 1. The lowest BCUT2D eigenvalue weighted by Crippen LogP contribution is -2.22. The van der Waals surface area contributed by atoms with E-state index < -0.39 is 5.60 Å². The van der Waals surface area contributed by atoms with Crippen molar-refractivity contribution in [2.24, 2.45) is 0 Å². The van der Waals surface area contributed by atoms with E-state index in [1.165, 1.54) is 212 Å². The zero-order valence-corrected chi connectivity index (χ0v) is 45.8. The third kappa shape index (κ3) is 38.1. The molecular weight excluding hydrogens is 829 g/mol. The molecule has 6 nitrogen and oxygen atoms in total. The van der Waals surface area contributed by atoms with Crippen molar-refractivity contribution < 1.29 is 28.5 Å². The first-order valence-electron chi connectivity index (χ1n) is 29.4. The SMILES string of the molecule is CCCCCCCCCCCCOc1cc(C=CC(=O)OC(C)(C)C)c(OCCCCCCCCCCCC)c(OCCCCCCCCCCCC)c1OCCCCCCCCCCCC. The molecule has 0 bridgehead atoms. The Balaban J connectivity index is 3.33. The lowest BCUT2D eigenvalue weighted by Gasteiger charge is -2.22. The number of esters is 1. The van der Waals surface area contributed by atoms with Crippen molar-refractivity contribution in [3.05, 3.63) is 17.7 Å². The van der Waals surface area contributed by atoms with E-state index in [1.807, 2.05) is 32.9 Å². The summed E-state index contributed by atoms with van der Waals surface area (Å²) < 4.78 is 32.8. The maximum atomic E-state index is 13.1. The van der Waals surface area contributed by atoms with Gasteiger partial charge in [-0.05, 0) is 58.6 Å². The highest BCUT2D eigenvalue weighted by Crippen LogP contribution is 2.48. The van der Waals surface area contributed by atoms with Crippen molar-refractivity contribution in [2.75, 3.05) is 26.4 Å². The smallest absolute Gasteiger partial charge is 0.331 e. The molecule has 0 spiro atoms. The molecule has 1 aromatic rings. The summed E-state index contributed by atoms with van der Waals surface area (Å²) in [7, 11) is 0. The van der Waals surface area contributed by atoms with Gasteiger partial charge in [-0.15, -0.1) is 0 Å². The number of hydrogen-bond acceptors (Lipinski definition) is 6. The topological polar surface area (TPSA) is 63.2 Å². The van der Waals surface area contributed by atoms with Crippen molar-refractivity contribution in [3.8, 4) is 23.0 Å². The van der Waals surface area contributed by atoms with Crippen LogP contribution >= 0.6 is 0 Å². The summed E-state index contributed by atoms with van der Waals surface area (Å²) in [5.74, 6) is 2.22. The largest absolute Gasteiger partial charge is 0.490 e. The Morgan fingerprint density at radius 3 is 0.955 bits per heavy atom. The van der Waals surface area contributed by atoms with Gasteiger partial charge in [-0.2, -0.15) is 0 Å². The summed E-state index contributed by atoms with van der Waals surface area (Å²) in [6.45, 7) is 17.2. The maximum absolute atomic E-state index is 13.1. The maximum Gasteiger partial charge on any atom is 0.331 e. The van der Waals surface area contributed by atoms with Crippen LogP contribution in [-0.4, -0.2) is 38.0 Å². The van der Waals surface area contributed by atoms with Gasteiger partial charge in [0.15, 0.2) is 11.5 Å². The average molecular weight is 942 g/mol. The van der Waals surface area contributed by atoms with E-state index in [9.17, 15) is 4.79 Å². The quantitative estimate of drug-likeness (QED) is 0.0368. The summed E-state index contributed by atoms with van der Waals surface area (Å²) in [5, 5.41) is 0. The van der Waals surface area contributed by atoms with E-state index in [2.05, 4.69) is 27.7 Å². The fourth-order valence-corrected chi connectivity index (χ4v) is 8.82. The molecule has 0 N–H and O–H groups in total. The van der Waals surface area contributed by atoms with Crippen LogP contribution in [0.25, 0.3) is 6.08 Å². The molecule has 0 amide bonds. The number of ether oxygens (including phenoxy) is 5. The molecule has 392 valence electrons. The Labute approximate surface area is 417 Å². The van der Waals surface area contributed by atoms with Crippen LogP contribution in [0.3, 0.4) is 0 Å². The molecule has 0 radical (unpaired) electrons. The van der Waals surface area contributed by atoms with Gasteiger partial charge in [0, 0.05) is 11.6 Å². The molecule has 0 saturated carbocycles. The van der Waals surface area contributed by atoms with Gasteiger partial charge in [0.05, 0.1) is 26.4 Å². The molecule has 67 heavy (non-hydrogen) atoms. The summed E-state index contributed by atoms with van der Waals surface area (Å²) >= 11 is 0. The Hall–Kier alpha value is -2.37. The van der Waals surface area contributed by atoms with E-state index in [4.69, 9.17) is 23.7 Å². The van der Waals surface area contributed by atoms with Crippen molar-refractivity contribution >= 4 is 12.0 Å². The van der Waals surface area contributed by atoms with Crippen LogP contribution in [0.5, 0.6) is 23.0 Å². The van der Waals surface area contributed by atoms with Crippen molar-refractivity contribution in [2.45, 2.75) is 311 Å². The molecule has 0 heterocycles. The Morgan fingerprint density at radius 1 is 0.373 bits per heavy atom. The third-order valence-electron chi connectivity index (χ3n) is 13.0. The number of carbonyl (C=O) groups excluding carboxylic acids is 1. The predicted molar refractivity (Wildman–Crippen MR) is 291 cm³/mol. The minimum atomic E-state index is -0.588. The van der Waals surface area contributed by atoms with E-state index in [0.717, 1.165) is 56.9 Å². The molecule has 0 aliphatic rings.